The molecule has 0 bridgehead atoms. The molecule has 0 aliphatic heterocycles. The van der Waals surface area contributed by atoms with E-state index >= 15 is 0 Å². The largest absolute Gasteiger partial charge is 0.493 e. The van der Waals surface area contributed by atoms with Crippen LogP contribution in [0.2, 0.25) is 0 Å². The summed E-state index contributed by atoms with van der Waals surface area (Å²) in [6.45, 7) is 3.64. The van der Waals surface area contributed by atoms with Crippen LogP contribution in [0.1, 0.15) is 38.1 Å². The number of fused-ring (bicyclic) bond motifs is 1. The predicted molar refractivity (Wildman–Crippen MR) is 135 cm³/mol. The van der Waals surface area contributed by atoms with Gasteiger partial charge in [0.2, 0.25) is 0 Å². The number of nitrogens with one attached hydrogen (secondary N) is 1. The lowest BCUT2D eigenvalue weighted by Gasteiger charge is -2.35. The van der Waals surface area contributed by atoms with Gasteiger partial charge in [0.15, 0.2) is 11.5 Å². The molecule has 1 aliphatic carbocycles. The lowest BCUT2D eigenvalue weighted by atomic mass is 9.85. The van der Waals surface area contributed by atoms with Gasteiger partial charge in [0, 0.05) is 18.6 Å². The van der Waals surface area contributed by atoms with Crippen molar-refractivity contribution in [3.8, 4) is 11.5 Å². The zero-order chi connectivity index (χ0) is 29.5. The Morgan fingerprint density at radius 2 is 1.62 bits per heavy atom. The summed E-state index contributed by atoms with van der Waals surface area (Å²) in [5.74, 6) is 0.996. The minimum Gasteiger partial charge on any atom is -0.493 e. The monoisotopic (exact) mass is 569 g/mol. The quantitative estimate of drug-likeness (QED) is 0.375. The SMILES string of the molecule is COc1cc2c(=O)n(C3=CC=C(C(O)(C(F)(F)F)C(F)(F)F)CC3)c(Cc3ccccc3)[nH+]c2cc1OC(C)C. The number of nitrogens with zero attached hydrogens (tertiary/aromatic N) is 1. The maximum absolute atomic E-state index is 13.8. The van der Waals surface area contributed by atoms with Crippen molar-refractivity contribution in [1.29, 1.82) is 0 Å². The second kappa shape index (κ2) is 10.6. The number of H-pyrrole nitrogens is 1. The van der Waals surface area contributed by atoms with Gasteiger partial charge in [-0.2, -0.15) is 30.9 Å². The molecule has 3 aromatic rings. The van der Waals surface area contributed by atoms with Gasteiger partial charge in [0.05, 0.1) is 19.6 Å². The van der Waals surface area contributed by atoms with Crippen LogP contribution in [0.3, 0.4) is 0 Å². The molecule has 12 heteroatoms. The molecule has 2 N–H and O–H groups in total. The van der Waals surface area contributed by atoms with Crippen LogP contribution in [0.4, 0.5) is 26.3 Å². The maximum Gasteiger partial charge on any atom is 0.430 e. The van der Waals surface area contributed by atoms with Gasteiger partial charge in [-0.15, -0.1) is 0 Å². The predicted octanol–water partition coefficient (Wildman–Crippen LogP) is 5.62. The number of methoxy groups -OCH3 is 1. The molecule has 6 nitrogen and oxygen atoms in total. The van der Waals surface area contributed by atoms with E-state index in [9.17, 15) is 36.2 Å². The number of aromatic amines is 1. The van der Waals surface area contributed by atoms with Crippen LogP contribution >= 0.6 is 0 Å². The molecule has 1 aromatic heterocycles. The van der Waals surface area contributed by atoms with Crippen molar-refractivity contribution >= 4 is 16.6 Å². The van der Waals surface area contributed by atoms with Crippen molar-refractivity contribution < 1.29 is 45.9 Å². The fourth-order valence-electron chi connectivity index (χ4n) is 4.66. The molecule has 40 heavy (non-hydrogen) atoms. The van der Waals surface area contributed by atoms with Gasteiger partial charge >= 0.3 is 17.9 Å². The van der Waals surface area contributed by atoms with Crippen LogP contribution in [0.25, 0.3) is 16.6 Å². The molecule has 1 heterocycles. The maximum atomic E-state index is 13.8. The third kappa shape index (κ3) is 5.32. The molecule has 2 aromatic carbocycles. The molecule has 1 aliphatic rings. The topological polar surface area (TPSA) is 74.8 Å². The molecule has 0 fully saturated rings. The number of allylic oxidation sites excluding steroid dienone is 3. The Bertz CT molecular complexity index is 1510. The highest BCUT2D eigenvalue weighted by Crippen LogP contribution is 2.49. The second-order valence-corrected chi connectivity index (χ2v) is 9.65. The molecule has 0 amide bonds. The molecule has 0 unspecified atom stereocenters. The number of hydrogen-bond donors (Lipinski definition) is 1. The van der Waals surface area contributed by atoms with Gasteiger partial charge in [-0.25, -0.2) is 9.78 Å². The highest BCUT2D eigenvalue weighted by Gasteiger charge is 2.72. The van der Waals surface area contributed by atoms with Crippen molar-refractivity contribution in [3.63, 3.8) is 0 Å². The van der Waals surface area contributed by atoms with Gasteiger partial charge in [-0.05, 0) is 37.5 Å². The molecule has 0 spiro atoms. The molecule has 0 radical (unpaired) electrons. The van der Waals surface area contributed by atoms with E-state index in [2.05, 4.69) is 4.98 Å². The second-order valence-electron chi connectivity index (χ2n) is 9.65. The summed E-state index contributed by atoms with van der Waals surface area (Å²) in [6, 6.07) is 12.1. The van der Waals surface area contributed by atoms with E-state index in [1.165, 1.54) is 17.7 Å². The van der Waals surface area contributed by atoms with E-state index in [4.69, 9.17) is 9.47 Å². The van der Waals surface area contributed by atoms with Gasteiger partial charge < -0.3 is 14.6 Å². The fraction of sp³-hybridized carbons (Fsp3) is 0.357. The summed E-state index contributed by atoms with van der Waals surface area (Å²) in [4.78, 5) is 17.0. The van der Waals surface area contributed by atoms with Crippen molar-refractivity contribution in [2.75, 3.05) is 7.11 Å². The number of aromatic nitrogens is 2. The highest BCUT2D eigenvalue weighted by molar-refractivity contribution is 5.80. The van der Waals surface area contributed by atoms with E-state index in [-0.39, 0.29) is 35.8 Å². The number of ether oxygens (including phenoxy) is 2. The van der Waals surface area contributed by atoms with E-state index in [1.54, 1.807) is 24.3 Å². The van der Waals surface area contributed by atoms with Gasteiger partial charge in [0.25, 0.3) is 11.4 Å². The Labute approximate surface area is 225 Å². The zero-order valence-corrected chi connectivity index (χ0v) is 21.8. The summed E-state index contributed by atoms with van der Waals surface area (Å²) < 4.78 is 92.9. The van der Waals surface area contributed by atoms with Crippen LogP contribution in [0.15, 0.2) is 65.0 Å². The summed E-state index contributed by atoms with van der Waals surface area (Å²) in [7, 11) is 1.40. The minimum absolute atomic E-state index is 0.158. The first kappa shape index (κ1) is 29.2. The summed E-state index contributed by atoms with van der Waals surface area (Å²) >= 11 is 0. The molecule has 4 rings (SSSR count). The molecule has 0 saturated carbocycles. The summed E-state index contributed by atoms with van der Waals surface area (Å²) in [5.41, 5.74) is -5.45. The number of benzene rings is 2. The van der Waals surface area contributed by atoms with E-state index < -0.39 is 35.5 Å². The van der Waals surface area contributed by atoms with E-state index in [1.807, 2.05) is 26.0 Å². The summed E-state index contributed by atoms with van der Waals surface area (Å²) in [6.07, 6.45) is -11.5. The van der Waals surface area contributed by atoms with Crippen molar-refractivity contribution in [1.82, 2.24) is 4.57 Å². The Morgan fingerprint density at radius 1 is 0.975 bits per heavy atom. The Kier molecular flexibility index (Phi) is 7.77. The van der Waals surface area contributed by atoms with Crippen LogP contribution in [-0.4, -0.2) is 40.8 Å². The third-order valence-corrected chi connectivity index (χ3v) is 6.56. The minimum atomic E-state index is -5.99. The smallest absolute Gasteiger partial charge is 0.430 e. The number of hydrogen-bond acceptors (Lipinski definition) is 4. The fourth-order valence-corrected chi connectivity index (χ4v) is 4.66. The Morgan fingerprint density at radius 3 is 2.15 bits per heavy atom. The lowest BCUT2D eigenvalue weighted by molar-refractivity contribution is -0.364. The average molecular weight is 570 g/mol. The van der Waals surface area contributed by atoms with E-state index in [0.29, 0.717) is 23.2 Å². The van der Waals surface area contributed by atoms with Crippen LogP contribution in [-0.2, 0) is 6.42 Å². The third-order valence-electron chi connectivity index (χ3n) is 6.56. The molecule has 214 valence electrons. The van der Waals surface area contributed by atoms with Crippen LogP contribution in [0, 0.1) is 0 Å². The van der Waals surface area contributed by atoms with Crippen LogP contribution < -0.4 is 20.0 Å². The first-order valence-electron chi connectivity index (χ1n) is 12.3. The molecular formula is C28H27F6N2O4+. The number of halogens is 6. The number of aliphatic hydroxyl groups is 1. The zero-order valence-electron chi connectivity index (χ0n) is 21.8. The Hall–Kier alpha value is -3.80. The first-order chi connectivity index (χ1) is 18.7. The summed E-state index contributed by atoms with van der Waals surface area (Å²) in [5, 5.41) is 9.98. The molecule has 0 saturated heterocycles. The Balaban J connectivity index is 1.92. The number of rotatable bonds is 7. The van der Waals surface area contributed by atoms with Gasteiger partial charge in [0.1, 0.15) is 16.6 Å². The highest BCUT2D eigenvalue weighted by atomic mass is 19.4. The number of alkyl halides is 6. The lowest BCUT2D eigenvalue weighted by Crippen LogP contribution is -2.58. The molecule has 0 atom stereocenters. The van der Waals surface area contributed by atoms with Crippen molar-refractivity contribution in [2.24, 2.45) is 0 Å². The average Bonchev–Trinajstić information content (AvgIpc) is 2.87. The van der Waals surface area contributed by atoms with Gasteiger partial charge in [-0.1, -0.05) is 36.4 Å². The van der Waals surface area contributed by atoms with Crippen molar-refractivity contribution in [2.45, 2.75) is 57.2 Å². The van der Waals surface area contributed by atoms with Crippen molar-refractivity contribution in [3.05, 3.63) is 81.9 Å². The van der Waals surface area contributed by atoms with E-state index in [0.717, 1.165) is 11.6 Å². The standard InChI is InChI=1S/C28H26F6N2O4/c1-16(2)40-23-15-21-20(14-22(23)39-3)25(37)36(24(35-21)13-17-7-5-4-6-8-17)19-11-9-18(10-12-19)26(38,27(29,30)31)28(32,33)34/h4-9,11,14-16,38H,10,12-13H2,1-3H3/p+1. The normalized spacial score (nSPS) is 14.8. The first-order valence-corrected chi connectivity index (χ1v) is 12.3. The van der Waals surface area contributed by atoms with Crippen LogP contribution in [0.5, 0.6) is 11.5 Å². The molecular weight excluding hydrogens is 542 g/mol. The van der Waals surface area contributed by atoms with Gasteiger partial charge in [-0.3, -0.25) is 0 Å².